The molecule has 184 valence electrons. The Morgan fingerprint density at radius 1 is 0.889 bits per heavy atom. The lowest BCUT2D eigenvalue weighted by Gasteiger charge is -2.35. The van der Waals surface area contributed by atoms with E-state index in [1.54, 1.807) is 53.3 Å². The van der Waals surface area contributed by atoms with E-state index in [-0.39, 0.29) is 18.4 Å². The van der Waals surface area contributed by atoms with E-state index in [1.807, 2.05) is 48.0 Å². The van der Waals surface area contributed by atoms with E-state index in [1.165, 1.54) is 0 Å². The van der Waals surface area contributed by atoms with Gasteiger partial charge in [-0.3, -0.25) is 9.59 Å². The molecule has 5 rings (SSSR count). The van der Waals surface area contributed by atoms with Crippen molar-refractivity contribution >= 4 is 17.5 Å². The van der Waals surface area contributed by atoms with Crippen LogP contribution in [0.25, 0.3) is 5.65 Å². The van der Waals surface area contributed by atoms with Crippen molar-refractivity contribution in [3.63, 3.8) is 0 Å². The van der Waals surface area contributed by atoms with Crippen LogP contribution in [0.3, 0.4) is 0 Å². The molecule has 0 bridgehead atoms. The summed E-state index contributed by atoms with van der Waals surface area (Å²) in [6.45, 7) is 4.14. The number of carbonyl (C=O) groups excluding carboxylic acids is 2. The second kappa shape index (κ2) is 10.1. The molecule has 0 radical (unpaired) electrons. The van der Waals surface area contributed by atoms with Gasteiger partial charge in [0, 0.05) is 44.1 Å². The van der Waals surface area contributed by atoms with Crippen molar-refractivity contribution in [1.82, 2.24) is 19.2 Å². The fourth-order valence-corrected chi connectivity index (χ4v) is 4.39. The lowest BCUT2D eigenvalue weighted by Crippen LogP contribution is -2.50. The summed E-state index contributed by atoms with van der Waals surface area (Å²) < 4.78 is 13.2. The number of methoxy groups -OCH3 is 1. The van der Waals surface area contributed by atoms with E-state index in [0.29, 0.717) is 48.8 Å². The minimum Gasteiger partial charge on any atom is -0.497 e. The summed E-state index contributed by atoms with van der Waals surface area (Å²) in [6, 6.07) is 18.3. The number of benzene rings is 2. The van der Waals surface area contributed by atoms with Crippen molar-refractivity contribution in [1.29, 1.82) is 0 Å². The van der Waals surface area contributed by atoms with Gasteiger partial charge in [0.15, 0.2) is 0 Å². The Labute approximate surface area is 209 Å². The van der Waals surface area contributed by atoms with E-state index in [9.17, 15) is 9.59 Å². The summed E-state index contributed by atoms with van der Waals surface area (Å²) in [7, 11) is 1.59. The van der Waals surface area contributed by atoms with Crippen molar-refractivity contribution in [2.45, 2.75) is 13.5 Å². The molecule has 1 aliphatic heterocycles. The maximum atomic E-state index is 13.3. The maximum absolute atomic E-state index is 13.3. The molecule has 36 heavy (non-hydrogen) atoms. The van der Waals surface area contributed by atoms with Crippen LogP contribution >= 0.6 is 0 Å². The van der Waals surface area contributed by atoms with Gasteiger partial charge < -0.3 is 23.7 Å². The third kappa shape index (κ3) is 4.75. The zero-order valence-corrected chi connectivity index (χ0v) is 20.4. The number of para-hydroxylation sites is 1. The Morgan fingerprint density at radius 3 is 2.28 bits per heavy atom. The molecule has 1 saturated heterocycles. The number of imidazole rings is 1. The minimum atomic E-state index is -0.104. The third-order valence-corrected chi connectivity index (χ3v) is 6.41. The summed E-state index contributed by atoms with van der Waals surface area (Å²) >= 11 is 0. The standard InChI is InChI=1S/C28H28N4O4/c1-20-6-5-13-32-18-22(29-26(20)32)19-36-25-8-4-3-7-24(25)28(34)31-16-14-30(15-17-31)27(33)21-9-11-23(35-2)12-10-21/h3-13,18H,14-17,19H2,1-2H3. The van der Waals surface area contributed by atoms with Crippen molar-refractivity contribution in [2.24, 2.45) is 0 Å². The smallest absolute Gasteiger partial charge is 0.257 e. The highest BCUT2D eigenvalue weighted by atomic mass is 16.5. The van der Waals surface area contributed by atoms with Crippen molar-refractivity contribution in [2.75, 3.05) is 33.3 Å². The van der Waals surface area contributed by atoms with Crippen LogP contribution < -0.4 is 9.47 Å². The third-order valence-electron chi connectivity index (χ3n) is 6.41. The number of rotatable bonds is 6. The zero-order chi connectivity index (χ0) is 25.1. The quantitative estimate of drug-likeness (QED) is 0.416. The van der Waals surface area contributed by atoms with Gasteiger partial charge in [-0.25, -0.2) is 4.98 Å². The van der Waals surface area contributed by atoms with E-state index >= 15 is 0 Å². The Morgan fingerprint density at radius 2 is 1.58 bits per heavy atom. The van der Waals surface area contributed by atoms with Gasteiger partial charge in [0.2, 0.25) is 0 Å². The topological polar surface area (TPSA) is 76.4 Å². The van der Waals surface area contributed by atoms with Crippen molar-refractivity contribution < 1.29 is 19.1 Å². The first-order valence-corrected chi connectivity index (χ1v) is 11.9. The Balaban J connectivity index is 1.22. The van der Waals surface area contributed by atoms with E-state index in [2.05, 4.69) is 4.98 Å². The van der Waals surface area contributed by atoms with Gasteiger partial charge in [0.05, 0.1) is 18.4 Å². The molecule has 1 aliphatic rings. The highest BCUT2D eigenvalue weighted by molar-refractivity contribution is 5.97. The Kier molecular flexibility index (Phi) is 6.58. The summed E-state index contributed by atoms with van der Waals surface area (Å²) in [4.78, 5) is 34.4. The second-order valence-corrected chi connectivity index (χ2v) is 8.75. The molecule has 0 aliphatic carbocycles. The van der Waals surface area contributed by atoms with Crippen LogP contribution in [-0.4, -0.2) is 64.3 Å². The first-order valence-electron chi connectivity index (χ1n) is 11.9. The molecule has 4 aromatic rings. The predicted molar refractivity (Wildman–Crippen MR) is 136 cm³/mol. The van der Waals surface area contributed by atoms with Gasteiger partial charge in [0.25, 0.3) is 11.8 Å². The SMILES string of the molecule is COc1ccc(C(=O)N2CCN(C(=O)c3ccccc3OCc3cn4cccc(C)c4n3)CC2)cc1. The van der Waals surface area contributed by atoms with Crippen LogP contribution in [-0.2, 0) is 6.61 Å². The van der Waals surface area contributed by atoms with Gasteiger partial charge in [-0.1, -0.05) is 18.2 Å². The van der Waals surface area contributed by atoms with E-state index in [4.69, 9.17) is 9.47 Å². The highest BCUT2D eigenvalue weighted by Crippen LogP contribution is 2.23. The average molecular weight is 485 g/mol. The number of pyridine rings is 1. The molecule has 3 heterocycles. The van der Waals surface area contributed by atoms with Crippen molar-refractivity contribution in [3.05, 3.63) is 95.4 Å². The zero-order valence-electron chi connectivity index (χ0n) is 20.4. The fourth-order valence-electron chi connectivity index (χ4n) is 4.39. The highest BCUT2D eigenvalue weighted by Gasteiger charge is 2.27. The molecule has 0 saturated carbocycles. The molecule has 2 aromatic carbocycles. The number of piperazine rings is 1. The van der Waals surface area contributed by atoms with Crippen LogP contribution in [0.4, 0.5) is 0 Å². The monoisotopic (exact) mass is 484 g/mol. The maximum Gasteiger partial charge on any atom is 0.257 e. The fraction of sp³-hybridized carbons (Fsp3) is 0.250. The van der Waals surface area contributed by atoms with Crippen LogP contribution in [0.2, 0.25) is 0 Å². The van der Waals surface area contributed by atoms with E-state index in [0.717, 1.165) is 16.9 Å². The lowest BCUT2D eigenvalue weighted by atomic mass is 10.1. The molecular weight excluding hydrogens is 456 g/mol. The Hall–Kier alpha value is -4.33. The van der Waals surface area contributed by atoms with E-state index < -0.39 is 0 Å². The van der Waals surface area contributed by atoms with Gasteiger partial charge in [-0.2, -0.15) is 0 Å². The normalized spacial score (nSPS) is 13.6. The van der Waals surface area contributed by atoms with Crippen LogP contribution in [0.1, 0.15) is 32.0 Å². The van der Waals surface area contributed by atoms with Gasteiger partial charge in [-0.15, -0.1) is 0 Å². The van der Waals surface area contributed by atoms with Gasteiger partial charge in [0.1, 0.15) is 23.8 Å². The number of ether oxygens (including phenoxy) is 2. The predicted octanol–water partition coefficient (Wildman–Crippen LogP) is 3.83. The molecule has 8 heteroatoms. The molecule has 0 unspecified atom stereocenters. The van der Waals surface area contributed by atoms with Crippen LogP contribution in [0, 0.1) is 6.92 Å². The summed E-state index contributed by atoms with van der Waals surface area (Å²) in [6.07, 6.45) is 3.89. The Bertz CT molecular complexity index is 1390. The first-order chi connectivity index (χ1) is 17.5. The number of amides is 2. The molecule has 1 fully saturated rings. The number of aromatic nitrogens is 2. The number of hydrogen-bond donors (Lipinski definition) is 0. The second-order valence-electron chi connectivity index (χ2n) is 8.75. The van der Waals surface area contributed by atoms with Crippen LogP contribution in [0.5, 0.6) is 11.5 Å². The molecule has 8 nitrogen and oxygen atoms in total. The minimum absolute atomic E-state index is 0.0452. The molecule has 0 N–H and O–H groups in total. The lowest BCUT2D eigenvalue weighted by molar-refractivity contribution is 0.0533. The number of carbonyl (C=O) groups is 2. The molecule has 2 aromatic heterocycles. The van der Waals surface area contributed by atoms with Gasteiger partial charge >= 0.3 is 0 Å². The van der Waals surface area contributed by atoms with Crippen molar-refractivity contribution in [3.8, 4) is 11.5 Å². The number of hydrogen-bond acceptors (Lipinski definition) is 5. The summed E-state index contributed by atoms with van der Waals surface area (Å²) in [5, 5.41) is 0. The summed E-state index contributed by atoms with van der Waals surface area (Å²) in [5.74, 6) is 1.08. The molecular formula is C28H28N4O4. The molecule has 0 spiro atoms. The molecule has 0 atom stereocenters. The average Bonchev–Trinajstić information content (AvgIpc) is 3.36. The summed E-state index contributed by atoms with van der Waals surface area (Å²) in [5.41, 5.74) is 3.88. The number of fused-ring (bicyclic) bond motifs is 1. The number of aryl methyl sites for hydroxylation is 1. The van der Waals surface area contributed by atoms with Gasteiger partial charge in [-0.05, 0) is 55.0 Å². The van der Waals surface area contributed by atoms with Crippen LogP contribution in [0.15, 0.2) is 73.1 Å². The first kappa shape index (κ1) is 23.4. The largest absolute Gasteiger partial charge is 0.497 e. The number of nitrogens with zero attached hydrogens (tertiary/aromatic N) is 4. The molecule has 2 amide bonds.